The molecule has 0 aliphatic carbocycles. The van der Waals surface area contributed by atoms with E-state index < -0.39 is 28.7 Å². The third-order valence-corrected chi connectivity index (χ3v) is 5.33. The Balaban J connectivity index is 1.79. The number of amides is 1. The predicted octanol–water partition coefficient (Wildman–Crippen LogP) is 2.14. The van der Waals surface area contributed by atoms with Gasteiger partial charge in [-0.3, -0.25) is 14.2 Å². The van der Waals surface area contributed by atoms with Gasteiger partial charge in [0, 0.05) is 18.2 Å². The number of rotatable bonds is 6. The quantitative estimate of drug-likeness (QED) is 0.610. The zero-order valence-electron chi connectivity index (χ0n) is 17.0. The molecule has 0 saturated carbocycles. The van der Waals surface area contributed by atoms with E-state index in [0.29, 0.717) is 17.2 Å². The van der Waals surface area contributed by atoms with Gasteiger partial charge in [0.25, 0.3) is 11.5 Å². The molecule has 0 bridgehead atoms. The number of para-hydroxylation sites is 1. The van der Waals surface area contributed by atoms with E-state index in [1.54, 1.807) is 24.3 Å². The van der Waals surface area contributed by atoms with E-state index in [-0.39, 0.29) is 24.9 Å². The second kappa shape index (κ2) is 9.46. The molecular weight excluding hydrogens is 439 g/mol. The fourth-order valence-electron chi connectivity index (χ4n) is 3.49. The largest absolute Gasteiger partial charge is 0.376 e. The zero-order chi connectivity index (χ0) is 22.7. The summed E-state index contributed by atoms with van der Waals surface area (Å²) >= 11 is 6.02. The van der Waals surface area contributed by atoms with Gasteiger partial charge >= 0.3 is 5.69 Å². The van der Waals surface area contributed by atoms with Crippen LogP contribution in [-0.4, -0.2) is 39.5 Å². The zero-order valence-corrected chi connectivity index (χ0v) is 17.7. The van der Waals surface area contributed by atoms with Gasteiger partial charge in [0.2, 0.25) is 5.69 Å². The van der Waals surface area contributed by atoms with Gasteiger partial charge in [-0.05, 0) is 42.7 Å². The van der Waals surface area contributed by atoms with Crippen LogP contribution in [0.15, 0.2) is 58.1 Å². The lowest BCUT2D eigenvalue weighted by Gasteiger charge is -2.14. The summed E-state index contributed by atoms with van der Waals surface area (Å²) in [5.41, 5.74) is -1.89. The minimum atomic E-state index is -0.882. The summed E-state index contributed by atoms with van der Waals surface area (Å²) in [4.78, 5) is 38.9. The Hall–Kier alpha value is -3.30. The fourth-order valence-corrected chi connectivity index (χ4v) is 3.70. The van der Waals surface area contributed by atoms with Crippen molar-refractivity contribution in [2.45, 2.75) is 25.5 Å². The first-order valence-electron chi connectivity index (χ1n) is 10.1. The second-order valence-corrected chi connectivity index (χ2v) is 7.80. The van der Waals surface area contributed by atoms with Crippen LogP contribution in [0.3, 0.4) is 0 Å². The molecule has 166 valence electrons. The Bertz CT molecular complexity index is 1270. The van der Waals surface area contributed by atoms with Gasteiger partial charge in [-0.15, -0.1) is 0 Å². The Labute approximate surface area is 187 Å². The molecule has 0 spiro atoms. The standard InChI is InChI=1S/C22H20ClFN4O4/c23-15-6-3-5-14(11-15)13-27-21(30)19(20(29)25-12-16-7-4-10-32-16)26-28(22(27)31)18-9-2-1-8-17(18)24/h1-3,5-6,8-9,11,16H,4,7,10,12-13H2,(H,25,29)/t16-/m0/s1. The van der Waals surface area contributed by atoms with Crippen molar-refractivity contribution in [2.24, 2.45) is 0 Å². The van der Waals surface area contributed by atoms with Gasteiger partial charge in [-0.2, -0.15) is 9.78 Å². The van der Waals surface area contributed by atoms with Crippen molar-refractivity contribution in [3.05, 3.63) is 91.5 Å². The number of carbonyl (C=O) groups is 1. The number of benzene rings is 2. The Morgan fingerprint density at radius 2 is 2.03 bits per heavy atom. The molecule has 0 unspecified atom stereocenters. The maximum absolute atomic E-state index is 14.4. The molecule has 2 heterocycles. The topological polar surface area (TPSA) is 95.2 Å². The molecule has 32 heavy (non-hydrogen) atoms. The van der Waals surface area contributed by atoms with E-state index >= 15 is 0 Å². The highest BCUT2D eigenvalue weighted by Crippen LogP contribution is 2.13. The van der Waals surface area contributed by atoms with Gasteiger partial charge in [0.05, 0.1) is 12.6 Å². The van der Waals surface area contributed by atoms with E-state index in [9.17, 15) is 18.8 Å². The average molecular weight is 459 g/mol. The van der Waals surface area contributed by atoms with Crippen LogP contribution in [-0.2, 0) is 11.3 Å². The normalized spacial score (nSPS) is 15.6. The molecule has 1 aliphatic heterocycles. The summed E-state index contributed by atoms with van der Waals surface area (Å²) in [6.45, 7) is 0.650. The molecule has 1 saturated heterocycles. The summed E-state index contributed by atoms with van der Waals surface area (Å²) in [7, 11) is 0. The third-order valence-electron chi connectivity index (χ3n) is 5.10. The fraction of sp³-hybridized carbons (Fsp3) is 0.273. The van der Waals surface area contributed by atoms with Crippen molar-refractivity contribution in [3.8, 4) is 5.69 Å². The van der Waals surface area contributed by atoms with Crippen molar-refractivity contribution in [1.29, 1.82) is 0 Å². The lowest BCUT2D eigenvalue weighted by Crippen LogP contribution is -2.46. The summed E-state index contributed by atoms with van der Waals surface area (Å²) in [5.74, 6) is -1.49. The van der Waals surface area contributed by atoms with Crippen LogP contribution in [0.1, 0.15) is 28.9 Å². The molecule has 1 aliphatic rings. The van der Waals surface area contributed by atoms with Crippen LogP contribution in [0.25, 0.3) is 5.69 Å². The Morgan fingerprint density at radius 1 is 1.22 bits per heavy atom. The molecule has 1 atom stereocenters. The average Bonchev–Trinajstić information content (AvgIpc) is 3.30. The minimum absolute atomic E-state index is 0.148. The number of carbonyl (C=O) groups excluding carboxylic acids is 1. The molecule has 8 nitrogen and oxygen atoms in total. The summed E-state index contributed by atoms with van der Waals surface area (Å²) in [6.07, 6.45) is 1.54. The molecule has 1 fully saturated rings. The van der Waals surface area contributed by atoms with Crippen LogP contribution in [0.4, 0.5) is 4.39 Å². The highest BCUT2D eigenvalue weighted by atomic mass is 35.5. The first-order chi connectivity index (χ1) is 15.4. The second-order valence-electron chi connectivity index (χ2n) is 7.36. The number of aromatic nitrogens is 3. The van der Waals surface area contributed by atoms with Crippen LogP contribution in [0, 0.1) is 5.82 Å². The number of hydrogen-bond donors (Lipinski definition) is 1. The molecule has 3 aromatic rings. The first kappa shape index (κ1) is 21.9. The van der Waals surface area contributed by atoms with Gasteiger partial charge in [-0.25, -0.2) is 9.18 Å². The maximum atomic E-state index is 14.4. The monoisotopic (exact) mass is 458 g/mol. The van der Waals surface area contributed by atoms with Gasteiger partial charge in [0.1, 0.15) is 11.5 Å². The number of nitrogens with one attached hydrogen (secondary N) is 1. The van der Waals surface area contributed by atoms with Gasteiger partial charge < -0.3 is 10.1 Å². The molecule has 1 aromatic heterocycles. The molecule has 1 N–H and O–H groups in total. The Morgan fingerprint density at radius 3 is 2.75 bits per heavy atom. The molecule has 1 amide bonds. The summed E-state index contributed by atoms with van der Waals surface area (Å²) in [6, 6.07) is 12.1. The molecule has 4 rings (SSSR count). The van der Waals surface area contributed by atoms with Gasteiger partial charge in [0.15, 0.2) is 0 Å². The van der Waals surface area contributed by atoms with Crippen LogP contribution in [0.2, 0.25) is 5.02 Å². The van der Waals surface area contributed by atoms with Crippen LogP contribution < -0.4 is 16.6 Å². The third kappa shape index (κ3) is 4.63. The SMILES string of the molecule is O=C(NC[C@@H]1CCCO1)c1nn(-c2ccccc2F)c(=O)n(Cc2cccc(Cl)c2)c1=O. The van der Waals surface area contributed by atoms with E-state index in [0.717, 1.165) is 28.2 Å². The van der Waals surface area contributed by atoms with Crippen molar-refractivity contribution >= 4 is 17.5 Å². The van der Waals surface area contributed by atoms with Crippen LogP contribution >= 0.6 is 11.6 Å². The van der Waals surface area contributed by atoms with E-state index in [1.807, 2.05) is 0 Å². The highest BCUT2D eigenvalue weighted by Gasteiger charge is 2.23. The van der Waals surface area contributed by atoms with E-state index in [2.05, 4.69) is 10.4 Å². The molecule has 2 aromatic carbocycles. The predicted molar refractivity (Wildman–Crippen MR) is 116 cm³/mol. The lowest BCUT2D eigenvalue weighted by molar-refractivity contribution is 0.0849. The number of halogens is 2. The van der Waals surface area contributed by atoms with Gasteiger partial charge in [-0.1, -0.05) is 35.9 Å². The van der Waals surface area contributed by atoms with Crippen molar-refractivity contribution in [3.63, 3.8) is 0 Å². The smallest absolute Gasteiger partial charge is 0.352 e. The first-order valence-corrected chi connectivity index (χ1v) is 10.4. The molecule has 0 radical (unpaired) electrons. The summed E-state index contributed by atoms with van der Waals surface area (Å²) < 4.78 is 21.5. The van der Waals surface area contributed by atoms with Crippen molar-refractivity contribution < 1.29 is 13.9 Å². The van der Waals surface area contributed by atoms with E-state index in [4.69, 9.17) is 16.3 Å². The summed E-state index contributed by atoms with van der Waals surface area (Å²) in [5, 5.41) is 6.97. The number of ether oxygens (including phenoxy) is 1. The van der Waals surface area contributed by atoms with Crippen LogP contribution in [0.5, 0.6) is 0 Å². The number of hydrogen-bond acceptors (Lipinski definition) is 5. The number of nitrogens with zero attached hydrogens (tertiary/aromatic N) is 3. The minimum Gasteiger partial charge on any atom is -0.376 e. The van der Waals surface area contributed by atoms with E-state index in [1.165, 1.54) is 18.2 Å². The lowest BCUT2D eigenvalue weighted by atomic mass is 10.2. The molecular formula is C22H20ClFN4O4. The maximum Gasteiger partial charge on any atom is 0.352 e. The Kier molecular flexibility index (Phi) is 6.48. The van der Waals surface area contributed by atoms with Crippen molar-refractivity contribution in [2.75, 3.05) is 13.2 Å². The molecule has 10 heteroatoms. The van der Waals surface area contributed by atoms with Crippen molar-refractivity contribution in [1.82, 2.24) is 19.7 Å². The highest BCUT2D eigenvalue weighted by molar-refractivity contribution is 6.30.